The average molecular weight is 182 g/mol. The van der Waals surface area contributed by atoms with Gasteiger partial charge in [0.1, 0.15) is 0 Å². The molecule has 0 spiro atoms. The van der Waals surface area contributed by atoms with Gasteiger partial charge in [-0.3, -0.25) is 0 Å². The second-order valence-corrected chi connectivity index (χ2v) is 4.10. The van der Waals surface area contributed by atoms with Gasteiger partial charge in [0.15, 0.2) is 0 Å². The third-order valence-electron chi connectivity index (χ3n) is 1.78. The maximum absolute atomic E-state index is 9.43. The van der Waals surface area contributed by atoms with Crippen molar-refractivity contribution in [3.05, 3.63) is 24.0 Å². The van der Waals surface area contributed by atoms with Gasteiger partial charge in [-0.25, -0.2) is 0 Å². The van der Waals surface area contributed by atoms with Crippen molar-refractivity contribution in [3.8, 4) is 0 Å². The number of aliphatic hydroxyl groups is 1. The van der Waals surface area contributed by atoms with Crippen LogP contribution in [0.2, 0.25) is 0 Å². The van der Waals surface area contributed by atoms with E-state index in [1.807, 2.05) is 17.8 Å². The molecule has 0 aliphatic heterocycles. The minimum Gasteiger partial charge on any atom is -0.389 e. The Kier molecular flexibility index (Phi) is 3.12. The molecule has 2 N–H and O–H groups in total. The molecule has 3 nitrogen and oxygen atoms in total. The van der Waals surface area contributed by atoms with Crippen molar-refractivity contribution in [2.45, 2.75) is 26.0 Å². The molecule has 0 fully saturated rings. The summed E-state index contributed by atoms with van der Waals surface area (Å²) in [6.45, 7) is 5.02. The number of nitrogens with one attached hydrogen (secondary N) is 1. The first kappa shape index (κ1) is 10.3. The van der Waals surface area contributed by atoms with Gasteiger partial charge in [-0.1, -0.05) is 0 Å². The Morgan fingerprint density at radius 3 is 2.69 bits per heavy atom. The van der Waals surface area contributed by atoms with Crippen molar-refractivity contribution in [2.75, 3.05) is 6.54 Å². The molecule has 0 atom stereocenters. The minimum absolute atomic E-state index is 0.613. The highest BCUT2D eigenvalue weighted by Gasteiger charge is 2.10. The smallest absolute Gasteiger partial charge is 0.0715 e. The second kappa shape index (κ2) is 3.94. The fourth-order valence-corrected chi connectivity index (χ4v) is 1.18. The maximum atomic E-state index is 9.43. The summed E-state index contributed by atoms with van der Waals surface area (Å²) in [6, 6.07) is 2.07. The van der Waals surface area contributed by atoms with Crippen LogP contribution in [-0.2, 0) is 13.6 Å². The van der Waals surface area contributed by atoms with Crippen LogP contribution in [0, 0.1) is 0 Å². The highest BCUT2D eigenvalue weighted by atomic mass is 16.3. The number of rotatable bonds is 4. The van der Waals surface area contributed by atoms with E-state index in [9.17, 15) is 5.11 Å². The van der Waals surface area contributed by atoms with Crippen LogP contribution >= 0.6 is 0 Å². The summed E-state index contributed by atoms with van der Waals surface area (Å²) >= 11 is 0. The van der Waals surface area contributed by atoms with Gasteiger partial charge < -0.3 is 15.0 Å². The molecule has 0 saturated carbocycles. The van der Waals surface area contributed by atoms with E-state index in [4.69, 9.17) is 0 Å². The molecular weight excluding hydrogens is 164 g/mol. The summed E-state index contributed by atoms with van der Waals surface area (Å²) in [4.78, 5) is 0. The van der Waals surface area contributed by atoms with Gasteiger partial charge >= 0.3 is 0 Å². The minimum atomic E-state index is -0.630. The Labute approximate surface area is 79.4 Å². The average Bonchev–Trinajstić information content (AvgIpc) is 2.33. The zero-order valence-corrected chi connectivity index (χ0v) is 8.54. The molecule has 0 saturated heterocycles. The molecule has 13 heavy (non-hydrogen) atoms. The van der Waals surface area contributed by atoms with Gasteiger partial charge in [-0.15, -0.1) is 0 Å². The largest absolute Gasteiger partial charge is 0.389 e. The molecule has 1 aromatic rings. The molecule has 0 unspecified atom stereocenters. The zero-order valence-electron chi connectivity index (χ0n) is 8.54. The maximum Gasteiger partial charge on any atom is 0.0715 e. The summed E-state index contributed by atoms with van der Waals surface area (Å²) in [7, 11) is 2.00. The quantitative estimate of drug-likeness (QED) is 0.725. The normalized spacial score (nSPS) is 12.0. The lowest BCUT2D eigenvalue weighted by Crippen LogP contribution is -2.34. The third-order valence-corrected chi connectivity index (χ3v) is 1.78. The summed E-state index contributed by atoms with van der Waals surface area (Å²) in [5.74, 6) is 0. The topological polar surface area (TPSA) is 37.2 Å². The molecule has 3 heteroatoms. The van der Waals surface area contributed by atoms with E-state index in [1.165, 1.54) is 5.56 Å². The van der Waals surface area contributed by atoms with Crippen LogP contribution in [-0.4, -0.2) is 21.8 Å². The summed E-state index contributed by atoms with van der Waals surface area (Å²) in [6.07, 6.45) is 4.08. The predicted molar refractivity (Wildman–Crippen MR) is 53.4 cm³/mol. The molecule has 0 aliphatic carbocycles. The van der Waals surface area contributed by atoms with Gasteiger partial charge in [0, 0.05) is 32.5 Å². The second-order valence-electron chi connectivity index (χ2n) is 4.10. The molecule has 0 amide bonds. The lowest BCUT2D eigenvalue weighted by atomic mass is 10.1. The highest BCUT2D eigenvalue weighted by molar-refractivity contribution is 5.09. The first-order valence-corrected chi connectivity index (χ1v) is 4.51. The van der Waals surface area contributed by atoms with E-state index in [1.54, 1.807) is 13.8 Å². The van der Waals surface area contributed by atoms with E-state index in [-0.39, 0.29) is 0 Å². The Bertz CT molecular complexity index is 260. The Hall–Kier alpha value is -0.800. The van der Waals surface area contributed by atoms with E-state index >= 15 is 0 Å². The van der Waals surface area contributed by atoms with Crippen LogP contribution in [0.3, 0.4) is 0 Å². The number of aryl methyl sites for hydroxylation is 1. The lowest BCUT2D eigenvalue weighted by Gasteiger charge is -2.17. The van der Waals surface area contributed by atoms with Crippen molar-refractivity contribution in [1.82, 2.24) is 9.88 Å². The predicted octanol–water partition coefficient (Wildman–Crippen LogP) is 0.886. The molecule has 1 rings (SSSR count). The van der Waals surface area contributed by atoms with E-state index in [2.05, 4.69) is 17.6 Å². The molecule has 0 bridgehead atoms. The summed E-state index contributed by atoms with van der Waals surface area (Å²) in [5, 5.41) is 12.6. The standard InChI is InChI=1S/C10H18N2O/c1-10(2,13)8-11-6-9-4-5-12(3)7-9/h4-5,7,11,13H,6,8H2,1-3H3. The van der Waals surface area contributed by atoms with Crippen molar-refractivity contribution in [2.24, 2.45) is 7.05 Å². The first-order chi connectivity index (χ1) is 5.97. The monoisotopic (exact) mass is 182 g/mol. The number of hydrogen-bond acceptors (Lipinski definition) is 2. The van der Waals surface area contributed by atoms with Crippen LogP contribution < -0.4 is 5.32 Å². The van der Waals surface area contributed by atoms with Gasteiger partial charge in [-0.2, -0.15) is 0 Å². The SMILES string of the molecule is Cn1ccc(CNCC(C)(C)O)c1. The van der Waals surface area contributed by atoms with Crippen molar-refractivity contribution >= 4 is 0 Å². The molecule has 1 aromatic heterocycles. The van der Waals surface area contributed by atoms with E-state index < -0.39 is 5.60 Å². The molecular formula is C10H18N2O. The fraction of sp³-hybridized carbons (Fsp3) is 0.600. The van der Waals surface area contributed by atoms with Crippen molar-refractivity contribution in [1.29, 1.82) is 0 Å². The number of aromatic nitrogens is 1. The lowest BCUT2D eigenvalue weighted by molar-refractivity contribution is 0.0795. The van der Waals surface area contributed by atoms with Crippen molar-refractivity contribution in [3.63, 3.8) is 0 Å². The van der Waals surface area contributed by atoms with Gasteiger partial charge in [0.2, 0.25) is 0 Å². The number of nitrogens with zero attached hydrogens (tertiary/aromatic N) is 1. The molecule has 0 radical (unpaired) electrons. The highest BCUT2D eigenvalue weighted by Crippen LogP contribution is 2.01. The van der Waals surface area contributed by atoms with Crippen LogP contribution in [0.1, 0.15) is 19.4 Å². The third kappa shape index (κ3) is 4.10. The zero-order chi connectivity index (χ0) is 9.90. The van der Waals surface area contributed by atoms with Crippen molar-refractivity contribution < 1.29 is 5.11 Å². The van der Waals surface area contributed by atoms with Crippen LogP contribution in [0.25, 0.3) is 0 Å². The molecule has 74 valence electrons. The molecule has 0 aromatic carbocycles. The fourth-order valence-electron chi connectivity index (χ4n) is 1.18. The van der Waals surface area contributed by atoms with Crippen LogP contribution in [0.5, 0.6) is 0 Å². The first-order valence-electron chi connectivity index (χ1n) is 4.51. The van der Waals surface area contributed by atoms with Gasteiger partial charge in [0.25, 0.3) is 0 Å². The summed E-state index contributed by atoms with van der Waals surface area (Å²) in [5.41, 5.74) is 0.612. The molecule has 0 aliphatic rings. The summed E-state index contributed by atoms with van der Waals surface area (Å²) < 4.78 is 2.01. The van der Waals surface area contributed by atoms with Crippen LogP contribution in [0.4, 0.5) is 0 Å². The van der Waals surface area contributed by atoms with E-state index in [0.717, 1.165) is 6.54 Å². The Morgan fingerprint density at radius 1 is 1.54 bits per heavy atom. The molecule has 1 heterocycles. The Morgan fingerprint density at radius 2 is 2.23 bits per heavy atom. The van der Waals surface area contributed by atoms with Crippen LogP contribution in [0.15, 0.2) is 18.5 Å². The van der Waals surface area contributed by atoms with E-state index in [0.29, 0.717) is 6.54 Å². The van der Waals surface area contributed by atoms with Gasteiger partial charge in [0.05, 0.1) is 5.60 Å². The number of hydrogen-bond donors (Lipinski definition) is 2. The van der Waals surface area contributed by atoms with Gasteiger partial charge in [-0.05, 0) is 25.5 Å². The Balaban J connectivity index is 2.28.